The molecule has 0 N–H and O–H groups in total. The van der Waals surface area contributed by atoms with E-state index in [4.69, 9.17) is 4.74 Å². The molecule has 1 rings (SSSR count). The third kappa shape index (κ3) is 4.36. The van der Waals surface area contributed by atoms with E-state index in [1.54, 1.807) is 18.2 Å². The van der Waals surface area contributed by atoms with Crippen molar-refractivity contribution < 1.29 is 14.3 Å². The standard InChI is InChI=1S/C12H16BrNO3/c1-14(2)6-7-17-11-8-9(12(15)16-3)4-5-10(11)13/h4-5,8H,6-7H2,1-3H3. The summed E-state index contributed by atoms with van der Waals surface area (Å²) in [6.45, 7) is 1.38. The Labute approximate surface area is 110 Å². The number of ether oxygens (including phenoxy) is 2. The van der Waals surface area contributed by atoms with E-state index in [0.717, 1.165) is 11.0 Å². The summed E-state index contributed by atoms with van der Waals surface area (Å²) in [4.78, 5) is 13.4. The van der Waals surface area contributed by atoms with E-state index < -0.39 is 0 Å². The Morgan fingerprint density at radius 1 is 1.41 bits per heavy atom. The highest BCUT2D eigenvalue weighted by molar-refractivity contribution is 9.10. The number of rotatable bonds is 5. The molecule has 0 saturated heterocycles. The van der Waals surface area contributed by atoms with Gasteiger partial charge < -0.3 is 14.4 Å². The summed E-state index contributed by atoms with van der Waals surface area (Å²) in [5, 5.41) is 0. The van der Waals surface area contributed by atoms with Crippen molar-refractivity contribution in [3.8, 4) is 5.75 Å². The smallest absolute Gasteiger partial charge is 0.337 e. The van der Waals surface area contributed by atoms with Gasteiger partial charge in [0, 0.05) is 6.54 Å². The molecule has 17 heavy (non-hydrogen) atoms. The van der Waals surface area contributed by atoms with Crippen LogP contribution in [0.25, 0.3) is 0 Å². The molecular weight excluding hydrogens is 286 g/mol. The van der Waals surface area contributed by atoms with Crippen molar-refractivity contribution in [2.24, 2.45) is 0 Å². The number of nitrogens with zero attached hydrogens (tertiary/aromatic N) is 1. The predicted molar refractivity (Wildman–Crippen MR) is 69.5 cm³/mol. The Morgan fingerprint density at radius 3 is 2.71 bits per heavy atom. The largest absolute Gasteiger partial charge is 0.491 e. The minimum atomic E-state index is -0.366. The number of likely N-dealkylation sites (N-methyl/N-ethyl adjacent to an activating group) is 1. The maximum absolute atomic E-state index is 11.4. The molecule has 0 amide bonds. The lowest BCUT2D eigenvalue weighted by Gasteiger charge is -2.12. The molecule has 0 spiro atoms. The summed E-state index contributed by atoms with van der Waals surface area (Å²) in [5.74, 6) is 0.282. The molecule has 4 nitrogen and oxygen atoms in total. The quantitative estimate of drug-likeness (QED) is 0.782. The molecule has 0 aliphatic rings. The molecule has 0 saturated carbocycles. The van der Waals surface area contributed by atoms with Gasteiger partial charge in [-0.25, -0.2) is 4.79 Å². The maximum Gasteiger partial charge on any atom is 0.337 e. The molecule has 0 bridgehead atoms. The third-order valence-corrected chi connectivity index (χ3v) is 2.80. The summed E-state index contributed by atoms with van der Waals surface area (Å²) < 4.78 is 11.1. The van der Waals surface area contributed by atoms with Crippen LogP contribution in [0, 0.1) is 0 Å². The van der Waals surface area contributed by atoms with Crippen LogP contribution in [0.15, 0.2) is 22.7 Å². The lowest BCUT2D eigenvalue weighted by atomic mass is 10.2. The van der Waals surface area contributed by atoms with E-state index in [1.807, 2.05) is 19.0 Å². The van der Waals surface area contributed by atoms with Crippen LogP contribution in [0.4, 0.5) is 0 Å². The molecule has 94 valence electrons. The number of hydrogen-bond acceptors (Lipinski definition) is 4. The van der Waals surface area contributed by atoms with E-state index >= 15 is 0 Å². The lowest BCUT2D eigenvalue weighted by Crippen LogP contribution is -2.19. The van der Waals surface area contributed by atoms with Crippen molar-refractivity contribution in [3.05, 3.63) is 28.2 Å². The first-order chi connectivity index (χ1) is 8.04. The van der Waals surface area contributed by atoms with Crippen molar-refractivity contribution in [1.82, 2.24) is 4.90 Å². The molecule has 0 atom stereocenters. The zero-order chi connectivity index (χ0) is 12.8. The average molecular weight is 302 g/mol. The number of hydrogen-bond donors (Lipinski definition) is 0. The molecule has 5 heteroatoms. The molecule has 0 aliphatic heterocycles. The molecule has 0 heterocycles. The van der Waals surface area contributed by atoms with E-state index in [1.165, 1.54) is 7.11 Å². The second-order valence-corrected chi connectivity index (χ2v) is 4.64. The highest BCUT2D eigenvalue weighted by Crippen LogP contribution is 2.26. The number of esters is 1. The molecule has 0 aromatic heterocycles. The second-order valence-electron chi connectivity index (χ2n) is 3.79. The van der Waals surface area contributed by atoms with Gasteiger partial charge in [-0.15, -0.1) is 0 Å². The van der Waals surface area contributed by atoms with Crippen molar-refractivity contribution >= 4 is 21.9 Å². The van der Waals surface area contributed by atoms with Crippen molar-refractivity contribution in [3.63, 3.8) is 0 Å². The number of carbonyl (C=O) groups excluding carboxylic acids is 1. The van der Waals surface area contributed by atoms with Crippen LogP contribution < -0.4 is 4.74 Å². The fourth-order valence-corrected chi connectivity index (χ4v) is 1.56. The molecule has 0 radical (unpaired) electrons. The van der Waals surface area contributed by atoms with E-state index in [2.05, 4.69) is 20.7 Å². The topological polar surface area (TPSA) is 38.8 Å². The normalized spacial score (nSPS) is 10.4. The number of benzene rings is 1. The Kier molecular flexibility index (Phi) is 5.44. The van der Waals surface area contributed by atoms with E-state index in [9.17, 15) is 4.79 Å². The van der Waals surface area contributed by atoms with Gasteiger partial charge in [-0.05, 0) is 48.2 Å². The van der Waals surface area contributed by atoms with Crippen molar-refractivity contribution in [2.45, 2.75) is 0 Å². The zero-order valence-electron chi connectivity index (χ0n) is 10.2. The number of methoxy groups -OCH3 is 1. The third-order valence-electron chi connectivity index (χ3n) is 2.15. The van der Waals surface area contributed by atoms with Gasteiger partial charge >= 0.3 is 5.97 Å². The molecule has 0 unspecified atom stereocenters. The first-order valence-corrected chi connectivity index (χ1v) is 5.99. The molecular formula is C12H16BrNO3. The number of carbonyl (C=O) groups is 1. The van der Waals surface area contributed by atoms with E-state index in [-0.39, 0.29) is 5.97 Å². The summed E-state index contributed by atoms with van der Waals surface area (Å²) in [7, 11) is 5.31. The van der Waals surface area contributed by atoms with Crippen molar-refractivity contribution in [1.29, 1.82) is 0 Å². The van der Waals surface area contributed by atoms with Crippen LogP contribution in [-0.4, -0.2) is 45.2 Å². The van der Waals surface area contributed by atoms with Crippen LogP contribution in [0.5, 0.6) is 5.75 Å². The van der Waals surface area contributed by atoms with Gasteiger partial charge in [0.1, 0.15) is 12.4 Å². The van der Waals surface area contributed by atoms with Gasteiger partial charge in [0.15, 0.2) is 0 Å². The molecule has 0 aliphatic carbocycles. The first-order valence-electron chi connectivity index (χ1n) is 5.20. The maximum atomic E-state index is 11.4. The van der Waals surface area contributed by atoms with Crippen LogP contribution >= 0.6 is 15.9 Å². The highest BCUT2D eigenvalue weighted by atomic mass is 79.9. The fraction of sp³-hybridized carbons (Fsp3) is 0.417. The SMILES string of the molecule is COC(=O)c1ccc(Br)c(OCCN(C)C)c1. The van der Waals surface area contributed by atoms with Crippen LogP contribution in [0.2, 0.25) is 0 Å². The van der Waals surface area contributed by atoms with Crippen LogP contribution in [0.3, 0.4) is 0 Å². The van der Waals surface area contributed by atoms with Gasteiger partial charge in [0.05, 0.1) is 17.1 Å². The van der Waals surface area contributed by atoms with Gasteiger partial charge in [0.2, 0.25) is 0 Å². The summed E-state index contributed by atoms with van der Waals surface area (Å²) >= 11 is 3.38. The van der Waals surface area contributed by atoms with Crippen LogP contribution in [-0.2, 0) is 4.74 Å². The average Bonchev–Trinajstić information content (AvgIpc) is 2.30. The predicted octanol–water partition coefficient (Wildman–Crippen LogP) is 2.18. The molecule has 1 aromatic rings. The van der Waals surface area contributed by atoms with Crippen LogP contribution in [0.1, 0.15) is 10.4 Å². The molecule has 1 aromatic carbocycles. The minimum absolute atomic E-state index is 0.366. The van der Waals surface area contributed by atoms with Gasteiger partial charge in [-0.2, -0.15) is 0 Å². The summed E-state index contributed by atoms with van der Waals surface area (Å²) in [6.07, 6.45) is 0. The fourth-order valence-electron chi connectivity index (χ4n) is 1.20. The van der Waals surface area contributed by atoms with Crippen molar-refractivity contribution in [2.75, 3.05) is 34.4 Å². The summed E-state index contributed by atoms with van der Waals surface area (Å²) in [5.41, 5.74) is 0.482. The van der Waals surface area contributed by atoms with E-state index in [0.29, 0.717) is 17.9 Å². The monoisotopic (exact) mass is 301 g/mol. The van der Waals surface area contributed by atoms with Gasteiger partial charge in [-0.1, -0.05) is 0 Å². The first kappa shape index (κ1) is 14.0. The minimum Gasteiger partial charge on any atom is -0.491 e. The second kappa shape index (κ2) is 6.61. The zero-order valence-corrected chi connectivity index (χ0v) is 11.8. The number of halogens is 1. The Hall–Kier alpha value is -1.07. The highest BCUT2D eigenvalue weighted by Gasteiger charge is 2.09. The van der Waals surface area contributed by atoms with Gasteiger partial charge in [-0.3, -0.25) is 0 Å². The molecule has 0 fully saturated rings. The summed E-state index contributed by atoms with van der Waals surface area (Å²) in [6, 6.07) is 5.14. The van der Waals surface area contributed by atoms with Gasteiger partial charge in [0.25, 0.3) is 0 Å². The lowest BCUT2D eigenvalue weighted by molar-refractivity contribution is 0.0600. The Balaban J connectivity index is 2.73. The Bertz CT molecular complexity index is 393. The Morgan fingerprint density at radius 2 is 2.12 bits per heavy atom.